The fraction of sp³-hybridized carbons (Fsp3) is 0.438. The van der Waals surface area contributed by atoms with E-state index in [1.165, 1.54) is 13.8 Å². The highest BCUT2D eigenvalue weighted by Crippen LogP contribution is 2.28. The van der Waals surface area contributed by atoms with Crippen LogP contribution in [-0.2, 0) is 16.1 Å². The fourth-order valence-electron chi connectivity index (χ4n) is 2.68. The molecule has 4 heteroatoms. The number of carbonyl (C=O) groups is 3. The van der Waals surface area contributed by atoms with Crippen molar-refractivity contribution in [2.24, 2.45) is 0 Å². The molecule has 1 unspecified atom stereocenters. The molecular formula is C16H19NO3. The van der Waals surface area contributed by atoms with Crippen LogP contribution in [0.1, 0.15) is 48.2 Å². The zero-order chi connectivity index (χ0) is 14.9. The Bertz CT molecular complexity index is 577. The molecule has 0 fully saturated rings. The number of nitrogens with zero attached hydrogens (tertiary/aromatic N) is 1. The summed E-state index contributed by atoms with van der Waals surface area (Å²) in [6.45, 7) is 5.41. The van der Waals surface area contributed by atoms with Crippen molar-refractivity contribution in [3.8, 4) is 0 Å². The van der Waals surface area contributed by atoms with E-state index in [4.69, 9.17) is 0 Å². The highest BCUT2D eigenvalue weighted by atomic mass is 16.2. The molecular weight excluding hydrogens is 254 g/mol. The quantitative estimate of drug-likeness (QED) is 0.827. The number of fused-ring (bicyclic) bond motifs is 1. The lowest BCUT2D eigenvalue weighted by Crippen LogP contribution is -2.40. The van der Waals surface area contributed by atoms with Gasteiger partial charge in [0.15, 0.2) is 5.78 Å². The molecule has 0 saturated heterocycles. The number of benzene rings is 1. The van der Waals surface area contributed by atoms with Gasteiger partial charge in [0.05, 0.1) is 6.04 Å². The first-order valence-corrected chi connectivity index (χ1v) is 6.81. The van der Waals surface area contributed by atoms with Crippen LogP contribution in [0.3, 0.4) is 0 Å². The lowest BCUT2D eigenvalue weighted by Gasteiger charge is -2.25. The zero-order valence-corrected chi connectivity index (χ0v) is 12.1. The largest absolute Gasteiger partial charge is 0.324 e. The van der Waals surface area contributed by atoms with Gasteiger partial charge in [0, 0.05) is 18.5 Å². The van der Waals surface area contributed by atoms with E-state index in [1.54, 1.807) is 11.0 Å². The van der Waals surface area contributed by atoms with Gasteiger partial charge in [-0.05, 0) is 44.4 Å². The van der Waals surface area contributed by atoms with Crippen LogP contribution in [0, 0.1) is 6.92 Å². The molecule has 1 aromatic carbocycles. The maximum Gasteiger partial charge on any atom is 0.255 e. The number of hydrogen-bond donors (Lipinski definition) is 0. The van der Waals surface area contributed by atoms with Gasteiger partial charge in [-0.15, -0.1) is 0 Å². The smallest absolute Gasteiger partial charge is 0.255 e. The second kappa shape index (κ2) is 5.57. The molecule has 106 valence electrons. The molecule has 1 aliphatic rings. The summed E-state index contributed by atoms with van der Waals surface area (Å²) in [6.07, 6.45) is 0.729. The van der Waals surface area contributed by atoms with Crippen LogP contribution in [0.2, 0.25) is 0 Å². The third kappa shape index (κ3) is 2.64. The Balaban J connectivity index is 2.25. The minimum absolute atomic E-state index is 0.0385. The standard InChI is InChI=1S/C16H19NO3/c1-10-5-4-6-13-14(10)9-17(16(13)20)15(12(3)19)8-7-11(2)18/h4-6,15H,7-9H2,1-3H3. The van der Waals surface area contributed by atoms with E-state index in [1.807, 2.05) is 19.1 Å². The molecule has 0 bridgehead atoms. The van der Waals surface area contributed by atoms with Gasteiger partial charge in [-0.25, -0.2) is 0 Å². The second-order valence-corrected chi connectivity index (χ2v) is 5.40. The summed E-state index contributed by atoms with van der Waals surface area (Å²) in [4.78, 5) is 37.0. The van der Waals surface area contributed by atoms with Gasteiger partial charge in [0.1, 0.15) is 5.78 Å². The highest BCUT2D eigenvalue weighted by molar-refractivity contribution is 6.01. The van der Waals surface area contributed by atoms with Gasteiger partial charge in [0.25, 0.3) is 5.91 Å². The van der Waals surface area contributed by atoms with E-state index in [0.29, 0.717) is 24.9 Å². The number of rotatable bonds is 5. The fourth-order valence-corrected chi connectivity index (χ4v) is 2.68. The maximum absolute atomic E-state index is 12.4. The van der Waals surface area contributed by atoms with Gasteiger partial charge in [-0.1, -0.05) is 12.1 Å². The van der Waals surface area contributed by atoms with Crippen LogP contribution in [0.15, 0.2) is 18.2 Å². The minimum Gasteiger partial charge on any atom is -0.324 e. The summed E-state index contributed by atoms with van der Waals surface area (Å²) in [7, 11) is 0. The van der Waals surface area contributed by atoms with Gasteiger partial charge in [-0.2, -0.15) is 0 Å². The van der Waals surface area contributed by atoms with Crippen LogP contribution in [0.5, 0.6) is 0 Å². The summed E-state index contributed by atoms with van der Waals surface area (Å²) >= 11 is 0. The molecule has 1 amide bonds. The second-order valence-electron chi connectivity index (χ2n) is 5.40. The van der Waals surface area contributed by atoms with Gasteiger partial charge in [0.2, 0.25) is 0 Å². The lowest BCUT2D eigenvalue weighted by molar-refractivity contribution is -0.122. The Morgan fingerprint density at radius 2 is 2.00 bits per heavy atom. The average molecular weight is 273 g/mol. The van der Waals surface area contributed by atoms with Crippen molar-refractivity contribution in [3.05, 3.63) is 34.9 Å². The number of amides is 1. The third-order valence-corrected chi connectivity index (χ3v) is 3.85. The van der Waals surface area contributed by atoms with Gasteiger partial charge in [-0.3, -0.25) is 9.59 Å². The van der Waals surface area contributed by atoms with Crippen molar-refractivity contribution in [3.63, 3.8) is 0 Å². The van der Waals surface area contributed by atoms with E-state index in [2.05, 4.69) is 0 Å². The zero-order valence-electron chi connectivity index (χ0n) is 12.1. The molecule has 0 aliphatic carbocycles. The van der Waals surface area contributed by atoms with Crippen molar-refractivity contribution >= 4 is 17.5 Å². The van der Waals surface area contributed by atoms with Crippen LogP contribution in [-0.4, -0.2) is 28.4 Å². The number of ketones is 2. The molecule has 1 atom stereocenters. The predicted molar refractivity (Wildman–Crippen MR) is 75.4 cm³/mol. The van der Waals surface area contributed by atoms with Crippen molar-refractivity contribution in [1.29, 1.82) is 0 Å². The van der Waals surface area contributed by atoms with Crippen molar-refractivity contribution in [2.45, 2.75) is 46.2 Å². The Morgan fingerprint density at radius 3 is 2.55 bits per heavy atom. The molecule has 2 rings (SSSR count). The monoisotopic (exact) mass is 273 g/mol. The van der Waals surface area contributed by atoms with E-state index < -0.39 is 6.04 Å². The highest BCUT2D eigenvalue weighted by Gasteiger charge is 2.35. The van der Waals surface area contributed by atoms with E-state index in [9.17, 15) is 14.4 Å². The topological polar surface area (TPSA) is 54.5 Å². The number of aryl methyl sites for hydroxylation is 1. The van der Waals surface area contributed by atoms with Crippen molar-refractivity contribution in [2.75, 3.05) is 0 Å². The normalized spacial score (nSPS) is 15.2. The Labute approximate surface area is 118 Å². The molecule has 0 N–H and O–H groups in total. The van der Waals surface area contributed by atoms with Gasteiger partial charge < -0.3 is 9.69 Å². The van der Waals surface area contributed by atoms with Crippen LogP contribution < -0.4 is 0 Å². The summed E-state index contributed by atoms with van der Waals surface area (Å²) in [5.41, 5.74) is 2.73. The first-order valence-electron chi connectivity index (χ1n) is 6.81. The maximum atomic E-state index is 12.4. The molecule has 0 saturated carbocycles. The average Bonchev–Trinajstić information content (AvgIpc) is 2.69. The van der Waals surface area contributed by atoms with Crippen LogP contribution in [0.25, 0.3) is 0 Å². The van der Waals surface area contributed by atoms with Crippen molar-refractivity contribution < 1.29 is 14.4 Å². The predicted octanol–water partition coefficient (Wildman–Crippen LogP) is 2.28. The van der Waals surface area contributed by atoms with Gasteiger partial charge >= 0.3 is 0 Å². The molecule has 0 spiro atoms. The number of Topliss-reactive ketones (excluding diaryl/α,β-unsaturated/α-hetero) is 2. The van der Waals surface area contributed by atoms with Crippen LogP contribution >= 0.6 is 0 Å². The Kier molecular flexibility index (Phi) is 4.02. The molecule has 0 radical (unpaired) electrons. The SMILES string of the molecule is CC(=O)CCC(C(C)=O)N1Cc2c(C)cccc2C1=O. The molecule has 1 heterocycles. The van der Waals surface area contributed by atoms with Crippen LogP contribution in [0.4, 0.5) is 0 Å². The molecule has 1 aliphatic heterocycles. The molecule has 20 heavy (non-hydrogen) atoms. The summed E-state index contributed by atoms with van der Waals surface area (Å²) in [5, 5.41) is 0. The number of hydrogen-bond acceptors (Lipinski definition) is 3. The first kappa shape index (κ1) is 14.4. The minimum atomic E-state index is -0.502. The number of carbonyl (C=O) groups excluding carboxylic acids is 3. The lowest BCUT2D eigenvalue weighted by atomic mass is 10.0. The third-order valence-electron chi connectivity index (χ3n) is 3.85. The first-order chi connectivity index (χ1) is 9.41. The Morgan fingerprint density at radius 1 is 1.30 bits per heavy atom. The molecule has 4 nitrogen and oxygen atoms in total. The summed E-state index contributed by atoms with van der Waals surface area (Å²) in [5.74, 6) is -0.130. The van der Waals surface area contributed by atoms with E-state index in [0.717, 1.165) is 11.1 Å². The van der Waals surface area contributed by atoms with E-state index >= 15 is 0 Å². The van der Waals surface area contributed by atoms with E-state index in [-0.39, 0.29) is 17.5 Å². The molecule has 1 aromatic rings. The summed E-state index contributed by atoms with van der Waals surface area (Å²) in [6, 6.07) is 5.12. The van der Waals surface area contributed by atoms with Crippen molar-refractivity contribution in [1.82, 2.24) is 4.90 Å². The summed E-state index contributed by atoms with van der Waals surface area (Å²) < 4.78 is 0. The molecule has 0 aromatic heterocycles. The Hall–Kier alpha value is -1.97.